The molecule has 2 aromatic rings. The number of nitrogens with two attached hydrogens (primary N) is 1. The number of anilines is 1. The minimum atomic E-state index is -0.414. The molecule has 1 heterocycles. The van der Waals surface area contributed by atoms with Crippen LogP contribution in [-0.4, -0.2) is 15.5 Å². The molecule has 0 aliphatic carbocycles. The number of nitrogens with one attached hydrogen (secondary N) is 1. The van der Waals surface area contributed by atoms with E-state index in [0.717, 1.165) is 4.57 Å². The SMILES string of the molecule is CCC(=O)n1c(=O)[nH]c2ccc(N)cc21. The molecule has 0 bridgehead atoms. The smallest absolute Gasteiger partial charge is 0.333 e. The van der Waals surface area contributed by atoms with E-state index in [2.05, 4.69) is 4.98 Å². The summed E-state index contributed by atoms with van der Waals surface area (Å²) in [7, 11) is 0. The van der Waals surface area contributed by atoms with Crippen molar-refractivity contribution in [1.29, 1.82) is 0 Å². The van der Waals surface area contributed by atoms with Gasteiger partial charge in [-0.25, -0.2) is 9.36 Å². The molecule has 0 amide bonds. The second-order valence-corrected chi connectivity index (χ2v) is 3.29. The number of imidazole rings is 1. The predicted octanol–water partition coefficient (Wildman–Crippen LogP) is 0.962. The topological polar surface area (TPSA) is 80.9 Å². The van der Waals surface area contributed by atoms with E-state index < -0.39 is 5.69 Å². The van der Waals surface area contributed by atoms with Gasteiger partial charge in [0.25, 0.3) is 0 Å². The summed E-state index contributed by atoms with van der Waals surface area (Å²) in [5.41, 5.74) is 6.87. The number of nitrogen functional groups attached to an aromatic ring is 1. The van der Waals surface area contributed by atoms with Crippen molar-refractivity contribution in [2.24, 2.45) is 0 Å². The number of aromatic amines is 1. The van der Waals surface area contributed by atoms with E-state index in [9.17, 15) is 9.59 Å². The molecule has 3 N–H and O–H groups in total. The zero-order valence-electron chi connectivity index (χ0n) is 8.28. The number of rotatable bonds is 1. The number of hydrogen-bond donors (Lipinski definition) is 2. The van der Waals surface area contributed by atoms with Gasteiger partial charge in [0.2, 0.25) is 5.91 Å². The van der Waals surface area contributed by atoms with Crippen LogP contribution in [-0.2, 0) is 0 Å². The summed E-state index contributed by atoms with van der Waals surface area (Å²) in [6.45, 7) is 1.71. The summed E-state index contributed by atoms with van der Waals surface area (Å²) in [6, 6.07) is 4.98. The van der Waals surface area contributed by atoms with Gasteiger partial charge in [-0.05, 0) is 18.2 Å². The third kappa shape index (κ3) is 1.41. The summed E-state index contributed by atoms with van der Waals surface area (Å²) >= 11 is 0. The van der Waals surface area contributed by atoms with Crippen molar-refractivity contribution >= 4 is 22.6 Å². The van der Waals surface area contributed by atoms with E-state index in [-0.39, 0.29) is 12.3 Å². The lowest BCUT2D eigenvalue weighted by atomic mass is 10.3. The van der Waals surface area contributed by atoms with Crippen LogP contribution in [0.3, 0.4) is 0 Å². The van der Waals surface area contributed by atoms with E-state index in [1.807, 2.05) is 0 Å². The molecule has 0 unspecified atom stereocenters. The van der Waals surface area contributed by atoms with Crippen molar-refractivity contribution in [3.8, 4) is 0 Å². The lowest BCUT2D eigenvalue weighted by Crippen LogP contribution is -2.23. The highest BCUT2D eigenvalue weighted by molar-refractivity contribution is 5.91. The van der Waals surface area contributed by atoms with Crippen molar-refractivity contribution in [1.82, 2.24) is 9.55 Å². The number of H-pyrrole nitrogens is 1. The normalized spacial score (nSPS) is 10.7. The first-order chi connectivity index (χ1) is 7.13. The molecular weight excluding hydrogens is 194 g/mol. The minimum absolute atomic E-state index is 0.239. The van der Waals surface area contributed by atoms with Crippen molar-refractivity contribution in [2.45, 2.75) is 13.3 Å². The third-order valence-corrected chi connectivity index (χ3v) is 2.26. The molecule has 0 spiro atoms. The maximum Gasteiger partial charge on any atom is 0.333 e. The van der Waals surface area contributed by atoms with Gasteiger partial charge in [-0.3, -0.25) is 4.79 Å². The number of carbonyl (C=O) groups excluding carboxylic acids is 1. The molecule has 0 saturated heterocycles. The van der Waals surface area contributed by atoms with E-state index >= 15 is 0 Å². The highest BCUT2D eigenvalue weighted by Crippen LogP contribution is 2.14. The summed E-state index contributed by atoms with van der Waals surface area (Å²) < 4.78 is 1.12. The Morgan fingerprint density at radius 1 is 1.53 bits per heavy atom. The number of fused-ring (bicyclic) bond motifs is 1. The van der Waals surface area contributed by atoms with Gasteiger partial charge in [0.1, 0.15) is 0 Å². The van der Waals surface area contributed by atoms with Gasteiger partial charge in [-0.2, -0.15) is 0 Å². The number of hydrogen-bond acceptors (Lipinski definition) is 3. The number of carbonyl (C=O) groups is 1. The molecule has 2 rings (SSSR count). The lowest BCUT2D eigenvalue weighted by molar-refractivity contribution is 0.0910. The maximum absolute atomic E-state index is 11.5. The van der Waals surface area contributed by atoms with Crippen LogP contribution in [0, 0.1) is 0 Å². The molecular formula is C10H11N3O2. The molecule has 1 aromatic heterocycles. The highest BCUT2D eigenvalue weighted by atomic mass is 16.2. The summed E-state index contributed by atoms with van der Waals surface area (Å²) in [4.78, 5) is 25.6. The largest absolute Gasteiger partial charge is 0.399 e. The Morgan fingerprint density at radius 2 is 2.27 bits per heavy atom. The molecule has 1 aromatic carbocycles. The molecule has 15 heavy (non-hydrogen) atoms. The monoisotopic (exact) mass is 205 g/mol. The first kappa shape index (κ1) is 9.51. The minimum Gasteiger partial charge on any atom is -0.399 e. The Morgan fingerprint density at radius 3 is 2.93 bits per heavy atom. The Hall–Kier alpha value is -2.04. The van der Waals surface area contributed by atoms with Crippen molar-refractivity contribution in [3.05, 3.63) is 28.7 Å². The van der Waals surface area contributed by atoms with Crippen LogP contribution < -0.4 is 11.4 Å². The number of aromatic nitrogens is 2. The van der Waals surface area contributed by atoms with Crippen LogP contribution in [0.5, 0.6) is 0 Å². The van der Waals surface area contributed by atoms with Gasteiger partial charge in [0.15, 0.2) is 0 Å². The Bertz CT molecular complexity index is 580. The first-order valence-electron chi connectivity index (χ1n) is 4.67. The fourth-order valence-corrected chi connectivity index (χ4v) is 1.53. The van der Waals surface area contributed by atoms with Crippen molar-refractivity contribution < 1.29 is 4.79 Å². The van der Waals surface area contributed by atoms with Crippen molar-refractivity contribution in [2.75, 3.05) is 5.73 Å². The van der Waals surface area contributed by atoms with Crippen molar-refractivity contribution in [3.63, 3.8) is 0 Å². The Balaban J connectivity index is 2.82. The van der Waals surface area contributed by atoms with Crippen LogP contribution in [0.25, 0.3) is 11.0 Å². The fraction of sp³-hybridized carbons (Fsp3) is 0.200. The molecule has 0 saturated carbocycles. The second kappa shape index (κ2) is 3.27. The molecule has 0 atom stereocenters. The zero-order chi connectivity index (χ0) is 11.0. The Labute approximate surface area is 85.5 Å². The second-order valence-electron chi connectivity index (χ2n) is 3.29. The van der Waals surface area contributed by atoms with Gasteiger partial charge in [0.05, 0.1) is 11.0 Å². The van der Waals surface area contributed by atoms with Crippen LogP contribution in [0.15, 0.2) is 23.0 Å². The summed E-state index contributed by atoms with van der Waals surface area (Å²) in [5, 5.41) is 0. The van der Waals surface area contributed by atoms with E-state index in [1.165, 1.54) is 0 Å². The van der Waals surface area contributed by atoms with Crippen LogP contribution in [0.2, 0.25) is 0 Å². The standard InChI is InChI=1S/C10H11N3O2/c1-2-9(14)13-8-5-6(11)3-4-7(8)12-10(13)15/h3-5H,2,11H2,1H3,(H,12,15). The molecule has 0 aliphatic rings. The zero-order valence-corrected chi connectivity index (χ0v) is 8.28. The van der Waals surface area contributed by atoms with E-state index in [4.69, 9.17) is 5.73 Å². The number of benzene rings is 1. The molecule has 0 radical (unpaired) electrons. The molecule has 5 heteroatoms. The van der Waals surface area contributed by atoms with Gasteiger partial charge < -0.3 is 10.7 Å². The van der Waals surface area contributed by atoms with E-state index in [0.29, 0.717) is 16.7 Å². The average Bonchev–Trinajstić information content (AvgIpc) is 2.52. The molecule has 0 fully saturated rings. The van der Waals surface area contributed by atoms with Gasteiger partial charge in [-0.15, -0.1) is 0 Å². The summed E-state index contributed by atoms with van der Waals surface area (Å²) in [5.74, 6) is -0.239. The van der Waals surface area contributed by atoms with E-state index in [1.54, 1.807) is 25.1 Å². The summed E-state index contributed by atoms with van der Waals surface area (Å²) in [6.07, 6.45) is 0.279. The number of nitrogens with zero attached hydrogens (tertiary/aromatic N) is 1. The Kier molecular flexibility index (Phi) is 2.07. The van der Waals surface area contributed by atoms with Crippen LogP contribution in [0.1, 0.15) is 18.1 Å². The molecule has 5 nitrogen and oxygen atoms in total. The van der Waals surface area contributed by atoms with Crippen LogP contribution >= 0.6 is 0 Å². The van der Waals surface area contributed by atoms with Gasteiger partial charge in [-0.1, -0.05) is 6.92 Å². The highest BCUT2D eigenvalue weighted by Gasteiger charge is 2.11. The van der Waals surface area contributed by atoms with Gasteiger partial charge in [0, 0.05) is 12.1 Å². The third-order valence-electron chi connectivity index (χ3n) is 2.26. The molecule has 78 valence electrons. The first-order valence-corrected chi connectivity index (χ1v) is 4.67. The maximum atomic E-state index is 11.5. The fourth-order valence-electron chi connectivity index (χ4n) is 1.53. The quantitative estimate of drug-likeness (QED) is 0.680. The van der Waals surface area contributed by atoms with Gasteiger partial charge >= 0.3 is 5.69 Å². The predicted molar refractivity (Wildman–Crippen MR) is 57.9 cm³/mol. The average molecular weight is 205 g/mol. The molecule has 0 aliphatic heterocycles. The lowest BCUT2D eigenvalue weighted by Gasteiger charge is -1.99. The van der Waals surface area contributed by atoms with Crippen LogP contribution in [0.4, 0.5) is 5.69 Å².